The molecule has 0 spiro atoms. The van der Waals surface area contributed by atoms with Gasteiger partial charge in [-0.25, -0.2) is 4.98 Å². The highest BCUT2D eigenvalue weighted by molar-refractivity contribution is 9.10. The number of rotatable bonds is 2. The van der Waals surface area contributed by atoms with Crippen LogP contribution in [0.25, 0.3) is 11.0 Å². The molecule has 5 heteroatoms. The van der Waals surface area contributed by atoms with E-state index in [4.69, 9.17) is 10.5 Å². The first kappa shape index (κ1) is 12.9. The van der Waals surface area contributed by atoms with Crippen LogP contribution in [0.3, 0.4) is 0 Å². The summed E-state index contributed by atoms with van der Waals surface area (Å²) in [7, 11) is 0. The van der Waals surface area contributed by atoms with Gasteiger partial charge in [0.05, 0.1) is 5.52 Å². The first-order chi connectivity index (χ1) is 9.63. The van der Waals surface area contributed by atoms with Crippen LogP contribution in [0.1, 0.15) is 5.56 Å². The number of anilines is 1. The molecule has 0 saturated carbocycles. The first-order valence-electron chi connectivity index (χ1n) is 6.08. The molecule has 0 atom stereocenters. The number of halogens is 1. The van der Waals surface area contributed by atoms with Crippen molar-refractivity contribution in [3.63, 3.8) is 0 Å². The molecule has 3 rings (SSSR count). The number of nitrogen functional groups attached to an aromatic ring is 1. The minimum atomic E-state index is 0.663. The van der Waals surface area contributed by atoms with Gasteiger partial charge in [-0.3, -0.25) is 4.98 Å². The van der Waals surface area contributed by atoms with Crippen molar-refractivity contribution in [2.24, 2.45) is 0 Å². The van der Waals surface area contributed by atoms with Gasteiger partial charge in [-0.1, -0.05) is 6.07 Å². The smallest absolute Gasteiger partial charge is 0.156 e. The molecule has 0 saturated heterocycles. The number of aryl methyl sites for hydroxylation is 1. The molecular weight excluding hydrogens is 318 g/mol. The number of pyridine rings is 2. The Morgan fingerprint density at radius 3 is 2.80 bits per heavy atom. The van der Waals surface area contributed by atoms with Gasteiger partial charge in [0.1, 0.15) is 11.3 Å². The molecule has 0 unspecified atom stereocenters. The van der Waals surface area contributed by atoms with E-state index in [-0.39, 0.29) is 0 Å². The van der Waals surface area contributed by atoms with Gasteiger partial charge in [0.2, 0.25) is 0 Å². The van der Waals surface area contributed by atoms with Crippen molar-refractivity contribution in [1.29, 1.82) is 0 Å². The lowest BCUT2D eigenvalue weighted by Gasteiger charge is -2.11. The Morgan fingerprint density at radius 1 is 1.10 bits per heavy atom. The predicted octanol–water partition coefficient (Wildman–Crippen LogP) is 4.08. The minimum Gasteiger partial charge on any atom is -0.455 e. The van der Waals surface area contributed by atoms with Crippen LogP contribution in [0.5, 0.6) is 11.5 Å². The van der Waals surface area contributed by atoms with Crippen LogP contribution in [-0.4, -0.2) is 9.97 Å². The fourth-order valence-corrected chi connectivity index (χ4v) is 2.23. The molecule has 20 heavy (non-hydrogen) atoms. The molecular formula is C15H12BrN3O. The summed E-state index contributed by atoms with van der Waals surface area (Å²) in [6.07, 6.45) is 3.43. The molecule has 0 aliphatic heterocycles. The molecule has 0 bridgehead atoms. The van der Waals surface area contributed by atoms with Gasteiger partial charge in [-0.05, 0) is 40.5 Å². The van der Waals surface area contributed by atoms with Crippen molar-refractivity contribution >= 4 is 32.7 Å². The van der Waals surface area contributed by atoms with Gasteiger partial charge < -0.3 is 10.5 Å². The molecule has 2 N–H and O–H groups in total. The fourth-order valence-electron chi connectivity index (χ4n) is 1.91. The molecule has 1 aromatic carbocycles. The number of nitrogens with zero attached hydrogens (tertiary/aromatic N) is 2. The summed E-state index contributed by atoms with van der Waals surface area (Å²) in [5, 5.41) is 0. The summed E-state index contributed by atoms with van der Waals surface area (Å²) >= 11 is 3.39. The van der Waals surface area contributed by atoms with E-state index >= 15 is 0 Å². The van der Waals surface area contributed by atoms with Gasteiger partial charge in [0, 0.05) is 34.7 Å². The summed E-state index contributed by atoms with van der Waals surface area (Å²) in [5.74, 6) is 1.39. The highest BCUT2D eigenvalue weighted by Crippen LogP contribution is 2.31. The second-order valence-electron chi connectivity index (χ2n) is 4.46. The van der Waals surface area contributed by atoms with Crippen molar-refractivity contribution in [3.05, 3.63) is 52.8 Å². The maximum Gasteiger partial charge on any atom is 0.156 e. The van der Waals surface area contributed by atoms with Crippen molar-refractivity contribution < 1.29 is 4.74 Å². The maximum absolute atomic E-state index is 5.95. The third-order valence-electron chi connectivity index (χ3n) is 2.94. The van der Waals surface area contributed by atoms with Crippen molar-refractivity contribution in [1.82, 2.24) is 9.97 Å². The van der Waals surface area contributed by atoms with Crippen LogP contribution >= 0.6 is 15.9 Å². The zero-order valence-corrected chi connectivity index (χ0v) is 12.4. The second kappa shape index (κ2) is 5.09. The Kier molecular flexibility index (Phi) is 3.28. The lowest BCUT2D eigenvalue weighted by atomic mass is 10.2. The minimum absolute atomic E-state index is 0.663. The number of aromatic nitrogens is 2. The Morgan fingerprint density at radius 2 is 1.95 bits per heavy atom. The Bertz CT molecular complexity index is 789. The molecule has 3 aromatic rings. The molecule has 100 valence electrons. The quantitative estimate of drug-likeness (QED) is 0.720. The number of nitrogens with two attached hydrogens (primary N) is 1. The van der Waals surface area contributed by atoms with Crippen LogP contribution in [-0.2, 0) is 0 Å². The van der Waals surface area contributed by atoms with E-state index in [2.05, 4.69) is 25.9 Å². The summed E-state index contributed by atoms with van der Waals surface area (Å²) in [6.45, 7) is 1.97. The highest BCUT2D eigenvalue weighted by atomic mass is 79.9. The highest BCUT2D eigenvalue weighted by Gasteiger charge is 2.08. The normalized spacial score (nSPS) is 10.7. The third kappa shape index (κ3) is 2.44. The van der Waals surface area contributed by atoms with Crippen LogP contribution < -0.4 is 10.5 Å². The van der Waals surface area contributed by atoms with Crippen LogP contribution in [0.4, 0.5) is 5.69 Å². The number of ether oxygens (including phenoxy) is 1. The lowest BCUT2D eigenvalue weighted by molar-refractivity contribution is 0.483. The largest absolute Gasteiger partial charge is 0.455 e. The van der Waals surface area contributed by atoms with Gasteiger partial charge in [-0.2, -0.15) is 0 Å². The molecule has 0 radical (unpaired) electrons. The second-order valence-corrected chi connectivity index (χ2v) is 5.37. The predicted molar refractivity (Wildman–Crippen MR) is 82.9 cm³/mol. The topological polar surface area (TPSA) is 61.0 Å². The van der Waals surface area contributed by atoms with E-state index in [9.17, 15) is 0 Å². The molecule has 0 aliphatic rings. The van der Waals surface area contributed by atoms with Gasteiger partial charge >= 0.3 is 0 Å². The van der Waals surface area contributed by atoms with Crippen LogP contribution in [0.15, 0.2) is 47.2 Å². The molecule has 2 heterocycles. The van der Waals surface area contributed by atoms with Crippen molar-refractivity contribution in [3.8, 4) is 11.5 Å². The standard InChI is InChI=1S/C15H12BrN3O/c1-9-2-3-11(17)7-14(9)20-13-4-5-18-12-6-10(16)8-19-15(12)13/h2-8H,17H2,1H3. The number of hydrogen-bond acceptors (Lipinski definition) is 4. The first-order valence-corrected chi connectivity index (χ1v) is 6.87. The lowest BCUT2D eigenvalue weighted by Crippen LogP contribution is -1.93. The number of fused-ring (bicyclic) bond motifs is 1. The fraction of sp³-hybridized carbons (Fsp3) is 0.0667. The number of benzene rings is 1. The molecule has 2 aromatic heterocycles. The summed E-state index contributed by atoms with van der Waals surface area (Å²) in [5.41, 5.74) is 8.98. The molecule has 4 nitrogen and oxygen atoms in total. The van der Waals surface area contributed by atoms with Crippen LogP contribution in [0.2, 0.25) is 0 Å². The molecule has 0 aliphatic carbocycles. The Hall–Kier alpha value is -2.14. The van der Waals surface area contributed by atoms with Crippen molar-refractivity contribution in [2.75, 3.05) is 5.73 Å². The number of hydrogen-bond donors (Lipinski definition) is 1. The van der Waals surface area contributed by atoms with E-state index in [0.29, 0.717) is 11.4 Å². The SMILES string of the molecule is Cc1ccc(N)cc1Oc1ccnc2cc(Br)cnc12. The van der Waals surface area contributed by atoms with E-state index in [1.54, 1.807) is 24.5 Å². The third-order valence-corrected chi connectivity index (χ3v) is 3.37. The monoisotopic (exact) mass is 329 g/mol. The average Bonchev–Trinajstić information content (AvgIpc) is 2.43. The molecule has 0 fully saturated rings. The molecule has 0 amide bonds. The zero-order valence-electron chi connectivity index (χ0n) is 10.8. The van der Waals surface area contributed by atoms with E-state index in [1.807, 2.05) is 25.1 Å². The van der Waals surface area contributed by atoms with Crippen LogP contribution in [0, 0.1) is 6.92 Å². The van der Waals surface area contributed by atoms with Gasteiger partial charge in [-0.15, -0.1) is 0 Å². The van der Waals surface area contributed by atoms with E-state index < -0.39 is 0 Å². The van der Waals surface area contributed by atoms with Gasteiger partial charge in [0.15, 0.2) is 5.75 Å². The zero-order chi connectivity index (χ0) is 14.1. The van der Waals surface area contributed by atoms with E-state index in [0.717, 1.165) is 26.8 Å². The van der Waals surface area contributed by atoms with Gasteiger partial charge in [0.25, 0.3) is 0 Å². The average molecular weight is 330 g/mol. The Labute approximate surface area is 124 Å². The maximum atomic E-state index is 5.95. The summed E-state index contributed by atoms with van der Waals surface area (Å²) in [4.78, 5) is 8.65. The summed E-state index contributed by atoms with van der Waals surface area (Å²) < 4.78 is 6.83. The van der Waals surface area contributed by atoms with Crippen molar-refractivity contribution in [2.45, 2.75) is 6.92 Å². The Balaban J connectivity index is 2.09. The summed E-state index contributed by atoms with van der Waals surface area (Å²) in [6, 6.07) is 9.29. The van der Waals surface area contributed by atoms with E-state index in [1.165, 1.54) is 0 Å².